The minimum atomic E-state index is -0.329. The molecule has 6 heteroatoms. The number of rotatable bonds is 5. The minimum absolute atomic E-state index is 0.0332. The van der Waals surface area contributed by atoms with Gasteiger partial charge in [0.2, 0.25) is 0 Å². The number of carbonyl (C=O) groups excluding carboxylic acids is 1. The van der Waals surface area contributed by atoms with Crippen LogP contribution < -0.4 is 10.2 Å². The highest BCUT2D eigenvalue weighted by Gasteiger charge is 2.39. The first-order chi connectivity index (χ1) is 9.15. The summed E-state index contributed by atoms with van der Waals surface area (Å²) in [6.07, 6.45) is 0. The minimum Gasteiger partial charge on any atom is -0.396 e. The van der Waals surface area contributed by atoms with E-state index in [0.29, 0.717) is 10.9 Å². The van der Waals surface area contributed by atoms with E-state index in [1.54, 1.807) is 11.8 Å². The highest BCUT2D eigenvalue weighted by molar-refractivity contribution is 8.00. The SMILES string of the molecule is CC(SCCO)C1NC(=S)N(c2ccccc2)C1=O. The van der Waals surface area contributed by atoms with Crippen molar-refractivity contribution < 1.29 is 9.90 Å². The molecule has 102 valence electrons. The predicted molar refractivity (Wildman–Crippen MR) is 82.5 cm³/mol. The van der Waals surface area contributed by atoms with E-state index in [-0.39, 0.29) is 23.8 Å². The summed E-state index contributed by atoms with van der Waals surface area (Å²) in [6.45, 7) is 2.08. The van der Waals surface area contributed by atoms with Crippen LogP contribution in [0, 0.1) is 0 Å². The monoisotopic (exact) mass is 296 g/mol. The standard InChI is InChI=1S/C13H16N2O2S2/c1-9(19-8-7-16)11-12(17)15(13(18)14-11)10-5-3-2-4-6-10/h2-6,9,11,16H,7-8H2,1H3,(H,14,18). The highest BCUT2D eigenvalue weighted by Crippen LogP contribution is 2.24. The summed E-state index contributed by atoms with van der Waals surface area (Å²) in [6, 6.07) is 9.05. The number of nitrogens with one attached hydrogen (secondary N) is 1. The van der Waals surface area contributed by atoms with Crippen LogP contribution in [0.1, 0.15) is 6.92 Å². The first-order valence-electron chi connectivity index (χ1n) is 6.07. The van der Waals surface area contributed by atoms with Gasteiger partial charge in [-0.2, -0.15) is 11.8 Å². The molecule has 1 aromatic rings. The van der Waals surface area contributed by atoms with Crippen LogP contribution in [0.4, 0.5) is 5.69 Å². The fraction of sp³-hybridized carbons (Fsp3) is 0.385. The van der Waals surface area contributed by atoms with Gasteiger partial charge in [-0.15, -0.1) is 0 Å². The molecule has 0 saturated carbocycles. The van der Waals surface area contributed by atoms with Gasteiger partial charge < -0.3 is 10.4 Å². The molecule has 2 N–H and O–H groups in total. The zero-order valence-electron chi connectivity index (χ0n) is 10.6. The van der Waals surface area contributed by atoms with Gasteiger partial charge in [-0.1, -0.05) is 25.1 Å². The van der Waals surface area contributed by atoms with Crippen LogP contribution >= 0.6 is 24.0 Å². The van der Waals surface area contributed by atoms with Gasteiger partial charge in [-0.25, -0.2) is 0 Å². The number of carbonyl (C=O) groups is 1. The van der Waals surface area contributed by atoms with Gasteiger partial charge in [-0.05, 0) is 24.4 Å². The lowest BCUT2D eigenvalue weighted by molar-refractivity contribution is -0.118. The largest absolute Gasteiger partial charge is 0.396 e. The second kappa shape index (κ2) is 6.36. The lowest BCUT2D eigenvalue weighted by Gasteiger charge is -2.17. The van der Waals surface area contributed by atoms with Crippen LogP contribution in [0.15, 0.2) is 30.3 Å². The third-order valence-corrected chi connectivity index (χ3v) is 4.44. The molecule has 0 spiro atoms. The van der Waals surface area contributed by atoms with Gasteiger partial charge in [0.25, 0.3) is 5.91 Å². The molecule has 0 aliphatic carbocycles. The van der Waals surface area contributed by atoms with Crippen LogP contribution in [0.5, 0.6) is 0 Å². The maximum atomic E-state index is 12.4. The van der Waals surface area contributed by atoms with Crippen molar-refractivity contribution in [3.05, 3.63) is 30.3 Å². The zero-order chi connectivity index (χ0) is 13.8. The number of aliphatic hydroxyl groups excluding tert-OH is 1. The first kappa shape index (κ1) is 14.3. The van der Waals surface area contributed by atoms with Crippen LogP contribution in [0.2, 0.25) is 0 Å². The van der Waals surface area contributed by atoms with E-state index in [4.69, 9.17) is 17.3 Å². The molecule has 2 rings (SSSR count). The van der Waals surface area contributed by atoms with Gasteiger partial charge in [0.1, 0.15) is 6.04 Å². The van der Waals surface area contributed by atoms with E-state index < -0.39 is 0 Å². The molecule has 1 aliphatic heterocycles. The molecule has 0 bridgehead atoms. The van der Waals surface area contributed by atoms with Crippen molar-refractivity contribution in [2.45, 2.75) is 18.2 Å². The topological polar surface area (TPSA) is 52.6 Å². The average Bonchev–Trinajstić information content (AvgIpc) is 2.72. The summed E-state index contributed by atoms with van der Waals surface area (Å²) >= 11 is 6.80. The molecule has 1 aliphatic rings. The Bertz CT molecular complexity index is 467. The van der Waals surface area contributed by atoms with Gasteiger partial charge in [0.05, 0.1) is 12.3 Å². The Kier molecular flexibility index (Phi) is 4.79. The Hall–Kier alpha value is -1.11. The molecule has 2 unspecified atom stereocenters. The van der Waals surface area contributed by atoms with E-state index in [2.05, 4.69) is 5.32 Å². The van der Waals surface area contributed by atoms with Crippen molar-refractivity contribution in [1.82, 2.24) is 5.32 Å². The zero-order valence-corrected chi connectivity index (χ0v) is 12.2. The summed E-state index contributed by atoms with van der Waals surface area (Å²) in [5, 5.41) is 12.4. The number of hydrogen-bond acceptors (Lipinski definition) is 4. The summed E-state index contributed by atoms with van der Waals surface area (Å²) < 4.78 is 0. The average molecular weight is 296 g/mol. The van der Waals surface area contributed by atoms with E-state index in [0.717, 1.165) is 5.69 Å². The van der Waals surface area contributed by atoms with Gasteiger partial charge in [0, 0.05) is 11.0 Å². The van der Waals surface area contributed by atoms with Crippen LogP contribution in [-0.2, 0) is 4.79 Å². The number of thioether (sulfide) groups is 1. The molecular weight excluding hydrogens is 280 g/mol. The second-order valence-corrected chi connectivity index (χ2v) is 6.11. The van der Waals surface area contributed by atoms with Gasteiger partial charge in [-0.3, -0.25) is 9.69 Å². The van der Waals surface area contributed by atoms with E-state index >= 15 is 0 Å². The molecule has 1 heterocycles. The maximum absolute atomic E-state index is 12.4. The molecule has 19 heavy (non-hydrogen) atoms. The fourth-order valence-electron chi connectivity index (χ4n) is 1.97. The normalized spacial score (nSPS) is 20.5. The molecule has 2 atom stereocenters. The van der Waals surface area contributed by atoms with Crippen LogP contribution in [0.25, 0.3) is 0 Å². The van der Waals surface area contributed by atoms with E-state index in [1.165, 1.54) is 4.90 Å². The van der Waals surface area contributed by atoms with Crippen molar-refractivity contribution >= 4 is 40.7 Å². The number of thiocarbonyl (C=S) groups is 1. The Morgan fingerprint density at radius 3 is 2.79 bits per heavy atom. The van der Waals surface area contributed by atoms with E-state index in [1.807, 2.05) is 37.3 Å². The molecule has 1 fully saturated rings. The number of benzene rings is 1. The van der Waals surface area contributed by atoms with Crippen molar-refractivity contribution in [3.63, 3.8) is 0 Å². The lowest BCUT2D eigenvalue weighted by atomic mass is 10.2. The third kappa shape index (κ3) is 3.08. The molecule has 4 nitrogen and oxygen atoms in total. The quantitative estimate of drug-likeness (QED) is 0.804. The number of para-hydroxylation sites is 1. The number of anilines is 1. The van der Waals surface area contributed by atoms with Gasteiger partial charge >= 0.3 is 0 Å². The first-order valence-corrected chi connectivity index (χ1v) is 7.53. The number of aliphatic hydroxyl groups is 1. The summed E-state index contributed by atoms with van der Waals surface area (Å²) in [7, 11) is 0. The smallest absolute Gasteiger partial charge is 0.257 e. The highest BCUT2D eigenvalue weighted by atomic mass is 32.2. The lowest BCUT2D eigenvalue weighted by Crippen LogP contribution is -2.38. The Balaban J connectivity index is 2.13. The summed E-state index contributed by atoms with van der Waals surface area (Å²) in [5.74, 6) is 0.583. The molecule has 1 amide bonds. The van der Waals surface area contributed by atoms with Crippen molar-refractivity contribution in [3.8, 4) is 0 Å². The van der Waals surface area contributed by atoms with Crippen LogP contribution in [-0.4, -0.2) is 39.8 Å². The van der Waals surface area contributed by atoms with E-state index in [9.17, 15) is 4.79 Å². The van der Waals surface area contributed by atoms with Crippen molar-refractivity contribution in [1.29, 1.82) is 0 Å². The van der Waals surface area contributed by atoms with Gasteiger partial charge in [0.15, 0.2) is 5.11 Å². The third-order valence-electron chi connectivity index (χ3n) is 2.92. The molecule has 0 aromatic heterocycles. The Morgan fingerprint density at radius 2 is 2.16 bits per heavy atom. The molecule has 1 aromatic carbocycles. The molecule has 1 saturated heterocycles. The fourth-order valence-corrected chi connectivity index (χ4v) is 3.15. The second-order valence-electron chi connectivity index (χ2n) is 4.24. The number of hydrogen-bond donors (Lipinski definition) is 2. The van der Waals surface area contributed by atoms with Crippen LogP contribution in [0.3, 0.4) is 0 Å². The molecule has 0 radical (unpaired) electrons. The Labute approximate surface area is 122 Å². The van der Waals surface area contributed by atoms with Crippen molar-refractivity contribution in [2.75, 3.05) is 17.3 Å². The van der Waals surface area contributed by atoms with Crippen molar-refractivity contribution in [2.24, 2.45) is 0 Å². The predicted octanol–water partition coefficient (Wildman–Crippen LogP) is 1.39. The Morgan fingerprint density at radius 1 is 1.47 bits per heavy atom. The number of amides is 1. The summed E-state index contributed by atoms with van der Waals surface area (Å²) in [4.78, 5) is 14.0. The summed E-state index contributed by atoms with van der Waals surface area (Å²) in [5.41, 5.74) is 0.784. The molecular formula is C13H16N2O2S2. The maximum Gasteiger partial charge on any atom is 0.257 e. The number of nitrogens with zero attached hydrogens (tertiary/aromatic N) is 1.